The molecule has 0 atom stereocenters. The molecule has 1 aliphatic rings. The van der Waals surface area contributed by atoms with Gasteiger partial charge in [-0.1, -0.05) is 238 Å². The zero-order valence-electron chi connectivity index (χ0n) is 34.5. The van der Waals surface area contributed by atoms with Crippen molar-refractivity contribution < 1.29 is 4.57 Å². The number of hydrogen-bond acceptors (Lipinski definition) is 4. The van der Waals surface area contributed by atoms with Gasteiger partial charge in [0, 0.05) is 38.0 Å². The van der Waals surface area contributed by atoms with E-state index < -0.39 is 7.14 Å². The SMILES string of the molecule is O=P(c1ccccc1)(c1ccccc1)c1ccc(-c2cccc(C3(c4ccc(-c5nc(-c6ccccc6)nc(-c6ccccc6-c6ccccc6)n5)cc4)CCCCC3)c2)cc1. The topological polar surface area (TPSA) is 55.7 Å². The van der Waals surface area contributed by atoms with Gasteiger partial charge in [-0.3, -0.25) is 0 Å². The van der Waals surface area contributed by atoms with Crippen molar-refractivity contribution in [1.82, 2.24) is 15.0 Å². The molecule has 1 saturated carbocycles. The minimum atomic E-state index is -3.06. The monoisotopic (exact) mass is 819 g/mol. The average molecular weight is 820 g/mol. The van der Waals surface area contributed by atoms with E-state index in [-0.39, 0.29) is 5.41 Å². The lowest BCUT2D eigenvalue weighted by atomic mass is 9.65. The average Bonchev–Trinajstić information content (AvgIpc) is 3.37. The Morgan fingerprint density at radius 3 is 1.39 bits per heavy atom. The van der Waals surface area contributed by atoms with Crippen molar-refractivity contribution in [2.45, 2.75) is 37.5 Å². The van der Waals surface area contributed by atoms with E-state index >= 15 is 4.57 Å². The zero-order valence-corrected chi connectivity index (χ0v) is 35.4. The van der Waals surface area contributed by atoms with E-state index in [1.807, 2.05) is 91.0 Å². The first-order valence-corrected chi connectivity index (χ1v) is 23.3. The zero-order chi connectivity index (χ0) is 41.8. The molecule has 9 aromatic rings. The summed E-state index contributed by atoms with van der Waals surface area (Å²) in [7, 11) is -3.06. The Morgan fingerprint density at radius 2 is 0.790 bits per heavy atom. The van der Waals surface area contributed by atoms with Gasteiger partial charge in [-0.15, -0.1) is 0 Å². The maximum atomic E-state index is 15.1. The van der Waals surface area contributed by atoms with Crippen molar-refractivity contribution in [3.8, 4) is 56.4 Å². The van der Waals surface area contributed by atoms with E-state index in [1.54, 1.807) is 0 Å². The molecule has 0 radical (unpaired) electrons. The van der Waals surface area contributed by atoms with Crippen molar-refractivity contribution in [3.05, 3.63) is 230 Å². The van der Waals surface area contributed by atoms with Gasteiger partial charge in [0.1, 0.15) is 0 Å². The standard InChI is InChI=1S/C57H46N3OP/c61-62(49-25-10-3-11-26-49,50-27-12-4-13-28-50)51-37-33-42(34-38-51)46-23-18-24-48(41-46)57(39-16-5-17-40-57)47-35-31-45(32-36-47)55-58-54(44-21-8-2-9-22-44)59-56(60-55)53-30-15-14-29-52(53)43-19-6-1-7-20-43/h1-4,6-15,18-38,41H,5,16-17,39-40H2. The minimum absolute atomic E-state index is 0.128. The molecule has 5 heteroatoms. The highest BCUT2D eigenvalue weighted by Gasteiger charge is 2.36. The fourth-order valence-electron chi connectivity index (χ4n) is 9.31. The van der Waals surface area contributed by atoms with Gasteiger partial charge in [0.05, 0.1) is 0 Å². The molecule has 1 fully saturated rings. The molecule has 0 amide bonds. The number of aromatic nitrogens is 3. The largest absolute Gasteiger partial charge is 0.309 e. The second-order valence-electron chi connectivity index (χ2n) is 16.2. The third-order valence-corrected chi connectivity index (χ3v) is 15.6. The molecule has 300 valence electrons. The van der Waals surface area contributed by atoms with Gasteiger partial charge in [0.15, 0.2) is 24.6 Å². The second kappa shape index (κ2) is 17.2. The van der Waals surface area contributed by atoms with Crippen LogP contribution in [0.5, 0.6) is 0 Å². The van der Waals surface area contributed by atoms with Crippen molar-refractivity contribution in [2.24, 2.45) is 0 Å². The third kappa shape index (κ3) is 7.53. The Morgan fingerprint density at radius 1 is 0.339 bits per heavy atom. The van der Waals surface area contributed by atoms with Crippen LogP contribution in [0.1, 0.15) is 43.2 Å². The highest BCUT2D eigenvalue weighted by atomic mass is 31.2. The Bertz CT molecular complexity index is 2940. The highest BCUT2D eigenvalue weighted by Crippen LogP contribution is 2.47. The molecule has 0 bridgehead atoms. The first-order valence-electron chi connectivity index (χ1n) is 21.6. The van der Waals surface area contributed by atoms with E-state index in [1.165, 1.54) is 30.4 Å². The first kappa shape index (κ1) is 39.2. The van der Waals surface area contributed by atoms with E-state index in [0.29, 0.717) is 17.5 Å². The summed E-state index contributed by atoms with van der Waals surface area (Å²) in [6.45, 7) is 0. The molecule has 62 heavy (non-hydrogen) atoms. The predicted molar refractivity (Wildman–Crippen MR) is 257 cm³/mol. The van der Waals surface area contributed by atoms with Crippen LogP contribution in [-0.4, -0.2) is 15.0 Å². The van der Waals surface area contributed by atoms with Gasteiger partial charge in [-0.2, -0.15) is 0 Å². The smallest absolute Gasteiger partial charge is 0.171 e. The summed E-state index contributed by atoms with van der Waals surface area (Å²) in [6, 6.07) is 75.2. The Kier molecular flexibility index (Phi) is 10.8. The van der Waals surface area contributed by atoms with Crippen LogP contribution in [-0.2, 0) is 9.98 Å². The fraction of sp³-hybridized carbons (Fsp3) is 0.105. The first-order chi connectivity index (χ1) is 30.6. The lowest BCUT2D eigenvalue weighted by molar-refractivity contribution is 0.346. The van der Waals surface area contributed by atoms with Crippen LogP contribution < -0.4 is 15.9 Å². The van der Waals surface area contributed by atoms with E-state index in [9.17, 15) is 0 Å². The Labute approximate surface area is 364 Å². The molecule has 0 N–H and O–H groups in total. The normalized spacial score (nSPS) is 13.7. The quantitative estimate of drug-likeness (QED) is 0.129. The molecule has 1 aromatic heterocycles. The number of benzene rings is 8. The van der Waals surface area contributed by atoms with E-state index in [0.717, 1.165) is 67.7 Å². The minimum Gasteiger partial charge on any atom is -0.309 e. The Balaban J connectivity index is 1.00. The van der Waals surface area contributed by atoms with Gasteiger partial charge >= 0.3 is 0 Å². The summed E-state index contributed by atoms with van der Waals surface area (Å²) in [5.74, 6) is 1.94. The van der Waals surface area contributed by atoms with E-state index in [2.05, 4.69) is 127 Å². The molecule has 0 unspecified atom stereocenters. The molecule has 0 saturated heterocycles. The molecule has 4 nitrogen and oxygen atoms in total. The van der Waals surface area contributed by atoms with E-state index in [4.69, 9.17) is 15.0 Å². The lowest BCUT2D eigenvalue weighted by Gasteiger charge is -2.39. The van der Waals surface area contributed by atoms with Gasteiger partial charge in [0.2, 0.25) is 0 Å². The maximum absolute atomic E-state index is 15.1. The Hall–Kier alpha value is -7.00. The lowest BCUT2D eigenvalue weighted by Crippen LogP contribution is -2.30. The van der Waals surface area contributed by atoms with Crippen LogP contribution in [0, 0.1) is 0 Å². The summed E-state index contributed by atoms with van der Waals surface area (Å²) in [6.07, 6.45) is 5.75. The summed E-state index contributed by atoms with van der Waals surface area (Å²) in [5.41, 5.74) is 9.85. The molecule has 1 aliphatic carbocycles. The molecule has 0 spiro atoms. The van der Waals surface area contributed by atoms with Crippen LogP contribution in [0.2, 0.25) is 0 Å². The maximum Gasteiger partial charge on any atom is 0.171 e. The van der Waals surface area contributed by atoms with Crippen LogP contribution in [0.15, 0.2) is 218 Å². The highest BCUT2D eigenvalue weighted by molar-refractivity contribution is 7.85. The predicted octanol–water partition coefficient (Wildman–Crippen LogP) is 13.1. The summed E-state index contributed by atoms with van der Waals surface area (Å²) in [4.78, 5) is 15.3. The molecular formula is C57H46N3OP. The molecule has 8 aromatic carbocycles. The number of nitrogens with zero attached hydrogens (tertiary/aromatic N) is 3. The van der Waals surface area contributed by atoms with Crippen molar-refractivity contribution in [3.63, 3.8) is 0 Å². The van der Waals surface area contributed by atoms with Crippen molar-refractivity contribution in [2.75, 3.05) is 0 Å². The molecule has 10 rings (SSSR count). The second-order valence-corrected chi connectivity index (χ2v) is 19.0. The van der Waals surface area contributed by atoms with Crippen molar-refractivity contribution >= 4 is 23.1 Å². The van der Waals surface area contributed by atoms with Gasteiger partial charge in [-0.05, 0) is 46.2 Å². The molecule has 0 aliphatic heterocycles. The van der Waals surface area contributed by atoms with Gasteiger partial charge < -0.3 is 4.57 Å². The van der Waals surface area contributed by atoms with Gasteiger partial charge in [-0.25, -0.2) is 15.0 Å². The van der Waals surface area contributed by atoms with Crippen LogP contribution in [0.25, 0.3) is 56.4 Å². The van der Waals surface area contributed by atoms with Crippen LogP contribution in [0.3, 0.4) is 0 Å². The number of rotatable bonds is 10. The summed E-state index contributed by atoms with van der Waals surface area (Å²) in [5, 5.41) is 2.51. The van der Waals surface area contributed by atoms with Crippen LogP contribution >= 0.6 is 7.14 Å². The van der Waals surface area contributed by atoms with Crippen molar-refractivity contribution in [1.29, 1.82) is 0 Å². The summed E-state index contributed by atoms with van der Waals surface area (Å²) < 4.78 is 15.1. The molecular weight excluding hydrogens is 774 g/mol. The molecule has 1 heterocycles. The van der Waals surface area contributed by atoms with Gasteiger partial charge in [0.25, 0.3) is 0 Å². The van der Waals surface area contributed by atoms with Crippen LogP contribution in [0.4, 0.5) is 0 Å². The fourth-order valence-corrected chi connectivity index (χ4v) is 12.0. The number of hydrogen-bond donors (Lipinski definition) is 0. The third-order valence-electron chi connectivity index (χ3n) is 12.5. The summed E-state index contributed by atoms with van der Waals surface area (Å²) >= 11 is 0.